The Morgan fingerprint density at radius 3 is 2.45 bits per heavy atom. The van der Waals surface area contributed by atoms with E-state index in [0.29, 0.717) is 18.3 Å². The number of aromatic nitrogens is 2. The lowest BCUT2D eigenvalue weighted by Crippen LogP contribution is -2.28. The molecule has 0 aliphatic heterocycles. The van der Waals surface area contributed by atoms with Crippen LogP contribution in [0.2, 0.25) is 0 Å². The van der Waals surface area contributed by atoms with E-state index in [1.807, 2.05) is 0 Å². The summed E-state index contributed by atoms with van der Waals surface area (Å²) >= 11 is 0. The first kappa shape index (κ1) is 21.4. The van der Waals surface area contributed by atoms with Gasteiger partial charge in [0.1, 0.15) is 11.4 Å². The highest BCUT2D eigenvalue weighted by Crippen LogP contribution is 2.39. The molecule has 0 atom stereocenters. The van der Waals surface area contributed by atoms with Crippen molar-refractivity contribution in [1.82, 2.24) is 9.97 Å². The van der Waals surface area contributed by atoms with Crippen molar-refractivity contribution < 1.29 is 9.47 Å². The maximum Gasteiger partial charge on any atom is 0.241 e. The van der Waals surface area contributed by atoms with Gasteiger partial charge in [0.2, 0.25) is 5.88 Å². The Kier molecular flexibility index (Phi) is 6.99. The third-order valence-electron chi connectivity index (χ3n) is 5.33. The highest BCUT2D eigenvalue weighted by Gasteiger charge is 2.28. The van der Waals surface area contributed by atoms with Gasteiger partial charge in [0.25, 0.3) is 0 Å². The lowest BCUT2D eigenvalue weighted by molar-refractivity contribution is 0.318. The Morgan fingerprint density at radius 1 is 1.07 bits per heavy atom. The van der Waals surface area contributed by atoms with Gasteiger partial charge in [-0.1, -0.05) is 19.9 Å². The highest BCUT2D eigenvalue weighted by molar-refractivity contribution is 5.72. The lowest BCUT2D eigenvalue weighted by atomic mass is 10.0. The van der Waals surface area contributed by atoms with Crippen LogP contribution >= 0.6 is 0 Å². The van der Waals surface area contributed by atoms with Crippen LogP contribution in [0.1, 0.15) is 56.4 Å². The van der Waals surface area contributed by atoms with Crippen LogP contribution in [0.4, 0.5) is 5.69 Å². The molecule has 1 fully saturated rings. The minimum atomic E-state index is 0.656. The van der Waals surface area contributed by atoms with Crippen molar-refractivity contribution in [1.29, 1.82) is 0 Å². The Labute approximate surface area is 175 Å². The molecule has 1 saturated carbocycles. The van der Waals surface area contributed by atoms with Crippen molar-refractivity contribution in [2.75, 3.05) is 31.7 Å². The minimum absolute atomic E-state index is 0.656. The molecule has 0 N–H and O–H groups in total. The number of hydrogen-bond donors (Lipinski definition) is 0. The molecule has 158 valence electrons. The fourth-order valence-corrected chi connectivity index (χ4v) is 3.88. The van der Waals surface area contributed by atoms with E-state index in [1.165, 1.54) is 18.4 Å². The number of benzene rings is 1. The van der Waals surface area contributed by atoms with Crippen molar-refractivity contribution in [2.45, 2.75) is 60.3 Å². The number of methoxy groups -OCH3 is 1. The quantitative estimate of drug-likeness (QED) is 0.530. The Bertz CT molecular complexity index is 847. The molecular weight excluding hydrogens is 362 g/mol. The van der Waals surface area contributed by atoms with Crippen molar-refractivity contribution in [2.24, 2.45) is 5.92 Å². The number of ether oxygens (including phenoxy) is 2. The Morgan fingerprint density at radius 2 is 1.83 bits per heavy atom. The maximum atomic E-state index is 6.06. The number of rotatable bonds is 10. The molecular formula is C24H35N3O2. The number of nitrogens with zero attached hydrogens (tertiary/aromatic N) is 3. The van der Waals surface area contributed by atoms with E-state index < -0.39 is 0 Å². The van der Waals surface area contributed by atoms with E-state index in [4.69, 9.17) is 19.4 Å². The minimum Gasteiger partial charge on any atom is -0.493 e. The van der Waals surface area contributed by atoms with Crippen LogP contribution in [0.5, 0.6) is 11.6 Å². The smallest absolute Gasteiger partial charge is 0.241 e. The zero-order valence-electron chi connectivity index (χ0n) is 18.8. The van der Waals surface area contributed by atoms with Gasteiger partial charge in [-0.2, -0.15) is 4.98 Å². The maximum absolute atomic E-state index is 6.06. The summed E-state index contributed by atoms with van der Waals surface area (Å²) in [6, 6.07) is 4.23. The molecule has 2 aromatic rings. The van der Waals surface area contributed by atoms with Crippen LogP contribution in [0.25, 0.3) is 11.4 Å². The van der Waals surface area contributed by atoms with Gasteiger partial charge < -0.3 is 14.4 Å². The third-order valence-corrected chi connectivity index (χ3v) is 5.33. The van der Waals surface area contributed by atoms with Gasteiger partial charge in [0, 0.05) is 13.1 Å². The van der Waals surface area contributed by atoms with E-state index in [1.54, 1.807) is 7.11 Å². The first-order valence-corrected chi connectivity index (χ1v) is 10.9. The average molecular weight is 398 g/mol. The van der Waals surface area contributed by atoms with Crippen molar-refractivity contribution in [3.8, 4) is 23.0 Å². The van der Waals surface area contributed by atoms with E-state index in [9.17, 15) is 0 Å². The van der Waals surface area contributed by atoms with E-state index in [2.05, 4.69) is 51.7 Å². The molecule has 1 aromatic carbocycles. The van der Waals surface area contributed by atoms with Crippen molar-refractivity contribution in [3.63, 3.8) is 0 Å². The summed E-state index contributed by atoms with van der Waals surface area (Å²) in [6.07, 6.45) is 4.69. The summed E-state index contributed by atoms with van der Waals surface area (Å²) in [6.45, 7) is 13.3. The second kappa shape index (κ2) is 9.47. The predicted octanol–water partition coefficient (Wildman–Crippen LogP) is 5.49. The second-order valence-electron chi connectivity index (χ2n) is 8.18. The van der Waals surface area contributed by atoms with E-state index in [-0.39, 0.29) is 0 Å². The largest absolute Gasteiger partial charge is 0.493 e. The fraction of sp³-hybridized carbons (Fsp3) is 0.583. The Hall–Kier alpha value is -2.30. The zero-order chi connectivity index (χ0) is 21.0. The van der Waals surface area contributed by atoms with E-state index >= 15 is 0 Å². The van der Waals surface area contributed by atoms with Crippen LogP contribution < -0.4 is 14.4 Å². The van der Waals surface area contributed by atoms with E-state index in [0.717, 1.165) is 60.1 Å². The zero-order valence-corrected chi connectivity index (χ0v) is 18.8. The summed E-state index contributed by atoms with van der Waals surface area (Å²) < 4.78 is 11.8. The van der Waals surface area contributed by atoms with Crippen LogP contribution in [-0.2, 0) is 0 Å². The molecule has 0 unspecified atom stereocenters. The lowest BCUT2D eigenvalue weighted by Gasteiger charge is -2.27. The highest BCUT2D eigenvalue weighted by atomic mass is 16.5. The summed E-state index contributed by atoms with van der Waals surface area (Å²) in [5.74, 6) is 2.97. The molecule has 0 spiro atoms. The average Bonchev–Trinajstić information content (AvgIpc) is 3.49. The third kappa shape index (κ3) is 5.01. The standard InChI is InChI=1S/C24H35N3O2/c1-7-11-27(15-19-9-10-19)22-18(5)25-23(26-24(22)28-6)21-17(4)13-16(3)14-20(21)29-12-8-2/h13-14,19H,7-12,15H2,1-6H3. The second-order valence-corrected chi connectivity index (χ2v) is 8.18. The van der Waals surface area contributed by atoms with Gasteiger partial charge in [-0.05, 0) is 69.6 Å². The Balaban J connectivity index is 2.07. The normalized spacial score (nSPS) is 13.4. The van der Waals surface area contributed by atoms with Gasteiger partial charge in [-0.3, -0.25) is 0 Å². The molecule has 1 heterocycles. The summed E-state index contributed by atoms with van der Waals surface area (Å²) in [4.78, 5) is 12.2. The van der Waals surface area contributed by atoms with Crippen molar-refractivity contribution in [3.05, 3.63) is 29.0 Å². The van der Waals surface area contributed by atoms with Gasteiger partial charge in [0.15, 0.2) is 5.82 Å². The summed E-state index contributed by atoms with van der Waals surface area (Å²) in [5, 5.41) is 0. The summed E-state index contributed by atoms with van der Waals surface area (Å²) in [5.41, 5.74) is 5.25. The van der Waals surface area contributed by atoms with Crippen LogP contribution in [-0.4, -0.2) is 36.8 Å². The predicted molar refractivity (Wildman–Crippen MR) is 119 cm³/mol. The molecule has 0 saturated heterocycles. The molecule has 5 heteroatoms. The molecule has 29 heavy (non-hydrogen) atoms. The molecule has 0 amide bonds. The topological polar surface area (TPSA) is 47.5 Å². The van der Waals surface area contributed by atoms with Crippen LogP contribution in [0.3, 0.4) is 0 Å². The number of aryl methyl sites for hydroxylation is 3. The SMILES string of the molecule is CCCOc1cc(C)cc(C)c1-c1nc(C)c(N(CCC)CC2CC2)c(OC)n1. The van der Waals surface area contributed by atoms with Crippen LogP contribution in [0.15, 0.2) is 12.1 Å². The number of hydrogen-bond acceptors (Lipinski definition) is 5. The van der Waals surface area contributed by atoms with Gasteiger partial charge >= 0.3 is 0 Å². The van der Waals surface area contributed by atoms with Crippen LogP contribution in [0, 0.1) is 26.7 Å². The number of anilines is 1. The first-order chi connectivity index (χ1) is 14.0. The molecule has 3 rings (SSSR count). The summed E-state index contributed by atoms with van der Waals surface area (Å²) in [7, 11) is 1.70. The molecule has 0 bridgehead atoms. The molecule has 5 nitrogen and oxygen atoms in total. The van der Waals surface area contributed by atoms with Gasteiger partial charge in [-0.25, -0.2) is 4.98 Å². The molecule has 0 radical (unpaired) electrons. The molecule has 1 aliphatic carbocycles. The first-order valence-electron chi connectivity index (χ1n) is 10.9. The molecule has 1 aliphatic rings. The fourth-order valence-electron chi connectivity index (χ4n) is 3.88. The monoisotopic (exact) mass is 397 g/mol. The van der Waals surface area contributed by atoms with Gasteiger partial charge in [0.05, 0.1) is 25.0 Å². The molecule has 1 aromatic heterocycles. The van der Waals surface area contributed by atoms with Crippen molar-refractivity contribution >= 4 is 5.69 Å². The van der Waals surface area contributed by atoms with Gasteiger partial charge in [-0.15, -0.1) is 0 Å².